The summed E-state index contributed by atoms with van der Waals surface area (Å²) in [5.74, 6) is 0. The third kappa shape index (κ3) is 4.41. The molecule has 1 aromatic rings. The van der Waals surface area contributed by atoms with Crippen molar-refractivity contribution in [2.75, 3.05) is 5.73 Å². The van der Waals surface area contributed by atoms with Crippen LogP contribution in [0.1, 0.15) is 64.5 Å². The summed E-state index contributed by atoms with van der Waals surface area (Å²) in [6.07, 6.45) is 6.31. The molecular weight excluding hydrogens is 206 g/mol. The molecule has 0 radical (unpaired) electrons. The van der Waals surface area contributed by atoms with Gasteiger partial charge in [0.2, 0.25) is 0 Å². The van der Waals surface area contributed by atoms with Crippen LogP contribution < -0.4 is 5.73 Å². The number of anilines is 1. The number of rotatable bonds is 5. The summed E-state index contributed by atoms with van der Waals surface area (Å²) in [5, 5.41) is 0. The van der Waals surface area contributed by atoms with Crippen molar-refractivity contribution < 1.29 is 0 Å². The van der Waals surface area contributed by atoms with Gasteiger partial charge in [-0.3, -0.25) is 0 Å². The lowest BCUT2D eigenvalue weighted by Crippen LogP contribution is -2.12. The van der Waals surface area contributed by atoms with E-state index in [9.17, 15) is 0 Å². The van der Waals surface area contributed by atoms with Gasteiger partial charge in [0.1, 0.15) is 0 Å². The lowest BCUT2D eigenvalue weighted by Gasteiger charge is -2.20. The number of benzene rings is 1. The first-order chi connectivity index (χ1) is 7.95. The van der Waals surface area contributed by atoms with Crippen LogP contribution in [0.15, 0.2) is 18.2 Å². The molecule has 1 heteroatoms. The van der Waals surface area contributed by atoms with Crippen molar-refractivity contribution in [1.82, 2.24) is 0 Å². The number of nitrogen functional groups attached to an aromatic ring is 1. The molecule has 0 aromatic heterocycles. The van der Waals surface area contributed by atoms with Crippen LogP contribution in [0.4, 0.5) is 5.69 Å². The molecule has 0 saturated heterocycles. The maximum absolute atomic E-state index is 6.05. The van der Waals surface area contributed by atoms with Crippen molar-refractivity contribution in [3.8, 4) is 0 Å². The van der Waals surface area contributed by atoms with Crippen molar-refractivity contribution in [3.63, 3.8) is 0 Å². The van der Waals surface area contributed by atoms with Crippen LogP contribution in [0.3, 0.4) is 0 Å². The molecule has 0 saturated carbocycles. The molecule has 0 aliphatic carbocycles. The highest BCUT2D eigenvalue weighted by molar-refractivity contribution is 5.49. The highest BCUT2D eigenvalue weighted by atomic mass is 14.6. The van der Waals surface area contributed by atoms with Gasteiger partial charge in [0.15, 0.2) is 0 Å². The maximum atomic E-state index is 6.05. The molecule has 1 aromatic carbocycles. The monoisotopic (exact) mass is 233 g/mol. The second-order valence-electron chi connectivity index (χ2n) is 5.97. The molecule has 0 unspecified atom stereocenters. The lowest BCUT2D eigenvalue weighted by atomic mass is 9.85. The Labute approximate surface area is 106 Å². The Morgan fingerprint density at radius 1 is 1.06 bits per heavy atom. The average molecular weight is 233 g/mol. The van der Waals surface area contributed by atoms with Gasteiger partial charge in [-0.2, -0.15) is 0 Å². The minimum absolute atomic E-state index is 0.214. The highest BCUT2D eigenvalue weighted by Gasteiger charge is 2.14. The quantitative estimate of drug-likeness (QED) is 0.579. The van der Waals surface area contributed by atoms with E-state index < -0.39 is 0 Å². The van der Waals surface area contributed by atoms with E-state index in [2.05, 4.69) is 45.9 Å². The Hall–Kier alpha value is -0.980. The standard InChI is InChI=1S/C16H27N/c1-5-6-7-8-9-13-12-14(16(2,3)4)10-11-15(13)17/h10-12H,5-9,17H2,1-4H3. The summed E-state index contributed by atoms with van der Waals surface area (Å²) in [4.78, 5) is 0. The molecule has 1 nitrogen and oxygen atoms in total. The predicted octanol–water partition coefficient (Wildman–Crippen LogP) is 4.69. The molecule has 17 heavy (non-hydrogen) atoms. The maximum Gasteiger partial charge on any atom is 0.0346 e. The second kappa shape index (κ2) is 6.09. The van der Waals surface area contributed by atoms with E-state index in [0.29, 0.717) is 0 Å². The van der Waals surface area contributed by atoms with E-state index in [-0.39, 0.29) is 5.41 Å². The Kier molecular flexibility index (Phi) is 5.04. The summed E-state index contributed by atoms with van der Waals surface area (Å²) in [6.45, 7) is 8.99. The molecule has 0 aliphatic heterocycles. The van der Waals surface area contributed by atoms with Crippen LogP contribution in [-0.4, -0.2) is 0 Å². The Balaban J connectivity index is 2.70. The summed E-state index contributed by atoms with van der Waals surface area (Å²) in [5.41, 5.74) is 9.93. The molecule has 0 bridgehead atoms. The molecule has 96 valence electrons. The van der Waals surface area contributed by atoms with E-state index in [1.165, 1.54) is 36.8 Å². The van der Waals surface area contributed by atoms with Crippen LogP contribution in [-0.2, 0) is 11.8 Å². The molecule has 1 rings (SSSR count). The van der Waals surface area contributed by atoms with E-state index in [1.54, 1.807) is 0 Å². The number of nitrogens with two attached hydrogens (primary N) is 1. The summed E-state index contributed by atoms with van der Waals surface area (Å²) < 4.78 is 0. The Morgan fingerprint density at radius 3 is 2.35 bits per heavy atom. The van der Waals surface area contributed by atoms with E-state index >= 15 is 0 Å². The van der Waals surface area contributed by atoms with Gasteiger partial charge in [0.25, 0.3) is 0 Å². The zero-order valence-corrected chi connectivity index (χ0v) is 11.8. The number of hydrogen-bond donors (Lipinski definition) is 1. The third-order valence-electron chi connectivity index (χ3n) is 3.31. The van der Waals surface area contributed by atoms with Gasteiger partial charge in [-0.25, -0.2) is 0 Å². The minimum atomic E-state index is 0.214. The summed E-state index contributed by atoms with van der Waals surface area (Å²) in [7, 11) is 0. The predicted molar refractivity (Wildman–Crippen MR) is 77.4 cm³/mol. The number of unbranched alkanes of at least 4 members (excludes halogenated alkanes) is 3. The first-order valence-corrected chi connectivity index (χ1v) is 6.84. The fraction of sp³-hybridized carbons (Fsp3) is 0.625. The van der Waals surface area contributed by atoms with Crippen molar-refractivity contribution in [2.45, 2.75) is 65.2 Å². The van der Waals surface area contributed by atoms with Gasteiger partial charge < -0.3 is 5.73 Å². The lowest BCUT2D eigenvalue weighted by molar-refractivity contribution is 0.588. The first-order valence-electron chi connectivity index (χ1n) is 6.84. The van der Waals surface area contributed by atoms with E-state index in [0.717, 1.165) is 12.1 Å². The smallest absolute Gasteiger partial charge is 0.0346 e. The topological polar surface area (TPSA) is 26.0 Å². The van der Waals surface area contributed by atoms with Gasteiger partial charge in [0, 0.05) is 5.69 Å². The first kappa shape index (κ1) is 14.1. The Bertz CT molecular complexity index is 347. The normalized spacial score (nSPS) is 11.8. The summed E-state index contributed by atoms with van der Waals surface area (Å²) in [6, 6.07) is 6.52. The molecule has 0 heterocycles. The van der Waals surface area contributed by atoms with Crippen LogP contribution in [0.2, 0.25) is 0 Å². The van der Waals surface area contributed by atoms with Crippen molar-refractivity contribution in [2.24, 2.45) is 0 Å². The summed E-state index contributed by atoms with van der Waals surface area (Å²) >= 11 is 0. The van der Waals surface area contributed by atoms with E-state index in [4.69, 9.17) is 5.73 Å². The van der Waals surface area contributed by atoms with Gasteiger partial charge in [0.05, 0.1) is 0 Å². The third-order valence-corrected chi connectivity index (χ3v) is 3.31. The largest absolute Gasteiger partial charge is 0.399 e. The number of aryl methyl sites for hydroxylation is 1. The molecule has 0 amide bonds. The minimum Gasteiger partial charge on any atom is -0.399 e. The van der Waals surface area contributed by atoms with Crippen LogP contribution >= 0.6 is 0 Å². The molecular formula is C16H27N. The van der Waals surface area contributed by atoms with E-state index in [1.807, 2.05) is 0 Å². The number of hydrogen-bond acceptors (Lipinski definition) is 1. The van der Waals surface area contributed by atoms with Gasteiger partial charge >= 0.3 is 0 Å². The highest BCUT2D eigenvalue weighted by Crippen LogP contribution is 2.26. The Morgan fingerprint density at radius 2 is 1.76 bits per heavy atom. The fourth-order valence-corrected chi connectivity index (χ4v) is 2.03. The van der Waals surface area contributed by atoms with Crippen LogP contribution in [0.25, 0.3) is 0 Å². The van der Waals surface area contributed by atoms with Crippen molar-refractivity contribution in [1.29, 1.82) is 0 Å². The van der Waals surface area contributed by atoms with Gasteiger partial charge in [-0.15, -0.1) is 0 Å². The molecule has 0 aliphatic rings. The van der Waals surface area contributed by atoms with Crippen LogP contribution in [0, 0.1) is 0 Å². The second-order valence-corrected chi connectivity index (χ2v) is 5.97. The molecule has 0 fully saturated rings. The van der Waals surface area contributed by atoms with Gasteiger partial charge in [-0.05, 0) is 35.4 Å². The average Bonchev–Trinajstić information content (AvgIpc) is 2.25. The SMILES string of the molecule is CCCCCCc1cc(C(C)(C)C)ccc1N. The van der Waals surface area contributed by atoms with Gasteiger partial charge in [-0.1, -0.05) is 59.1 Å². The van der Waals surface area contributed by atoms with Crippen LogP contribution in [0.5, 0.6) is 0 Å². The fourth-order valence-electron chi connectivity index (χ4n) is 2.03. The zero-order chi connectivity index (χ0) is 12.9. The van der Waals surface area contributed by atoms with Crippen molar-refractivity contribution >= 4 is 5.69 Å². The molecule has 0 atom stereocenters. The molecule has 0 spiro atoms. The van der Waals surface area contributed by atoms with Crippen molar-refractivity contribution in [3.05, 3.63) is 29.3 Å². The molecule has 2 N–H and O–H groups in total. The zero-order valence-electron chi connectivity index (χ0n) is 11.8.